The molecule has 1 aliphatic carbocycles. The van der Waals surface area contributed by atoms with E-state index in [1.54, 1.807) is 13.1 Å². The molecule has 1 aromatic rings. The van der Waals surface area contributed by atoms with Crippen LogP contribution in [-0.2, 0) is 20.7 Å². The van der Waals surface area contributed by atoms with Gasteiger partial charge in [0.15, 0.2) is 0 Å². The predicted octanol–water partition coefficient (Wildman–Crippen LogP) is 4.89. The molecule has 1 aliphatic heterocycles. The average molecular weight is 467 g/mol. The molecule has 1 saturated heterocycles. The van der Waals surface area contributed by atoms with Crippen LogP contribution in [0.1, 0.15) is 62.5 Å². The van der Waals surface area contributed by atoms with Gasteiger partial charge in [-0.1, -0.05) is 40.9 Å². The Bertz CT molecular complexity index is 834. The third kappa shape index (κ3) is 6.24. The third-order valence-corrected chi connectivity index (χ3v) is 7.15. The highest BCUT2D eigenvalue weighted by molar-refractivity contribution is 6.42. The van der Waals surface area contributed by atoms with Gasteiger partial charge in [-0.3, -0.25) is 14.5 Å². The first-order chi connectivity index (χ1) is 14.9. The molecule has 1 amide bonds. The van der Waals surface area contributed by atoms with E-state index in [0.717, 1.165) is 49.9 Å². The largest absolute Gasteiger partial charge is 0.466 e. The van der Waals surface area contributed by atoms with Crippen LogP contribution in [0.5, 0.6) is 0 Å². The van der Waals surface area contributed by atoms with E-state index in [2.05, 4.69) is 16.3 Å². The molecule has 5 nitrogen and oxygen atoms in total. The van der Waals surface area contributed by atoms with Crippen LogP contribution in [-0.4, -0.2) is 49.6 Å². The fourth-order valence-electron chi connectivity index (χ4n) is 4.81. The molecule has 0 bridgehead atoms. The summed E-state index contributed by atoms with van der Waals surface area (Å²) in [5.41, 5.74) is 3.38. The van der Waals surface area contributed by atoms with Gasteiger partial charge in [-0.05, 0) is 68.8 Å². The minimum absolute atomic E-state index is 0.0325. The van der Waals surface area contributed by atoms with E-state index in [0.29, 0.717) is 23.1 Å². The molecule has 7 heteroatoms. The number of amides is 1. The van der Waals surface area contributed by atoms with Crippen molar-refractivity contribution in [3.05, 3.63) is 45.0 Å². The van der Waals surface area contributed by atoms with Crippen LogP contribution >= 0.6 is 23.2 Å². The fraction of sp³-hybridized carbons (Fsp3) is 0.583. The van der Waals surface area contributed by atoms with Gasteiger partial charge in [0.05, 0.1) is 23.1 Å². The Morgan fingerprint density at radius 3 is 2.65 bits per heavy atom. The topological polar surface area (TPSA) is 58.6 Å². The lowest BCUT2D eigenvalue weighted by Gasteiger charge is -2.38. The number of hydrogen-bond donors (Lipinski definition) is 1. The second-order valence-corrected chi connectivity index (χ2v) is 9.22. The SMILES string of the molecule is CNC(=O)Cc1ccc(Cl)c(Cl)c1C1CCC(CCCOC(C)=O)=CC1N1CCCC1. The van der Waals surface area contributed by atoms with Gasteiger partial charge in [0.2, 0.25) is 5.91 Å². The molecule has 0 aromatic heterocycles. The predicted molar refractivity (Wildman–Crippen MR) is 125 cm³/mol. The zero-order valence-corrected chi connectivity index (χ0v) is 19.9. The third-order valence-electron chi connectivity index (χ3n) is 6.33. The Morgan fingerprint density at radius 1 is 1.23 bits per heavy atom. The van der Waals surface area contributed by atoms with E-state index in [1.807, 2.05) is 6.07 Å². The monoisotopic (exact) mass is 466 g/mol. The Kier molecular flexibility index (Phi) is 8.82. The van der Waals surface area contributed by atoms with Crippen molar-refractivity contribution in [3.63, 3.8) is 0 Å². The van der Waals surface area contributed by atoms with Crippen LogP contribution in [0.2, 0.25) is 10.0 Å². The van der Waals surface area contributed by atoms with Gasteiger partial charge in [-0.2, -0.15) is 0 Å². The number of esters is 1. The number of likely N-dealkylation sites (N-methyl/N-ethyl adjacent to an activating group) is 1. The molecule has 170 valence electrons. The molecule has 1 fully saturated rings. The Hall–Kier alpha value is -1.56. The zero-order chi connectivity index (χ0) is 22.4. The van der Waals surface area contributed by atoms with E-state index in [1.165, 1.54) is 25.3 Å². The van der Waals surface area contributed by atoms with Crippen LogP contribution < -0.4 is 5.32 Å². The Labute approximate surface area is 195 Å². The molecule has 31 heavy (non-hydrogen) atoms. The summed E-state index contributed by atoms with van der Waals surface area (Å²) < 4.78 is 5.10. The number of nitrogens with zero attached hydrogens (tertiary/aromatic N) is 1. The van der Waals surface area contributed by atoms with Gasteiger partial charge >= 0.3 is 5.97 Å². The molecule has 1 N–H and O–H groups in total. The summed E-state index contributed by atoms with van der Waals surface area (Å²) in [6.45, 7) is 4.04. The Morgan fingerprint density at radius 2 is 1.97 bits per heavy atom. The minimum Gasteiger partial charge on any atom is -0.466 e. The molecule has 3 rings (SSSR count). The maximum absolute atomic E-state index is 12.2. The first kappa shape index (κ1) is 24.1. The van der Waals surface area contributed by atoms with Crippen molar-refractivity contribution < 1.29 is 14.3 Å². The smallest absolute Gasteiger partial charge is 0.302 e. The molecule has 2 aliphatic rings. The highest BCUT2D eigenvalue weighted by Gasteiger charge is 2.35. The standard InChI is InChI=1S/C24H32Cl2N2O3/c1-16(29)31-13-5-6-17-7-9-19(21(14-17)28-11-3-4-12-28)23-18(15-22(30)27-2)8-10-20(25)24(23)26/h8,10,14,19,21H,3-7,9,11-13,15H2,1-2H3,(H,27,30). The molecule has 2 unspecified atom stereocenters. The number of nitrogens with one attached hydrogen (secondary N) is 1. The summed E-state index contributed by atoms with van der Waals surface area (Å²) in [5, 5.41) is 3.82. The van der Waals surface area contributed by atoms with Crippen molar-refractivity contribution in [2.75, 3.05) is 26.7 Å². The molecule has 2 atom stereocenters. The summed E-state index contributed by atoms with van der Waals surface area (Å²) in [5.74, 6) is -0.0667. The summed E-state index contributed by atoms with van der Waals surface area (Å²) in [7, 11) is 1.65. The Balaban J connectivity index is 1.88. The summed E-state index contributed by atoms with van der Waals surface area (Å²) in [6, 6.07) is 3.97. The number of carbonyl (C=O) groups excluding carboxylic acids is 2. The number of halogens is 2. The number of allylic oxidation sites excluding steroid dienone is 1. The normalized spacial score (nSPS) is 21.6. The number of carbonyl (C=O) groups is 2. The van der Waals surface area contributed by atoms with Crippen molar-refractivity contribution in [2.24, 2.45) is 0 Å². The average Bonchev–Trinajstić information content (AvgIpc) is 3.29. The van der Waals surface area contributed by atoms with E-state index >= 15 is 0 Å². The molecule has 0 saturated carbocycles. The van der Waals surface area contributed by atoms with Gasteiger partial charge in [-0.15, -0.1) is 0 Å². The molecule has 1 heterocycles. The minimum atomic E-state index is -0.230. The van der Waals surface area contributed by atoms with Crippen LogP contribution in [0.3, 0.4) is 0 Å². The maximum atomic E-state index is 12.2. The number of likely N-dealkylation sites (tertiary alicyclic amines) is 1. The van der Waals surface area contributed by atoms with E-state index < -0.39 is 0 Å². The maximum Gasteiger partial charge on any atom is 0.302 e. The summed E-state index contributed by atoms with van der Waals surface area (Å²) in [6.07, 6.45) is 8.79. The molecular formula is C24H32Cl2N2O3. The highest BCUT2D eigenvalue weighted by Crippen LogP contribution is 2.43. The van der Waals surface area contributed by atoms with Crippen molar-refractivity contribution in [2.45, 2.75) is 63.8 Å². The van der Waals surface area contributed by atoms with Crippen molar-refractivity contribution in [1.29, 1.82) is 0 Å². The molecule has 0 spiro atoms. The molecular weight excluding hydrogens is 435 g/mol. The van der Waals surface area contributed by atoms with Crippen LogP contribution in [0.15, 0.2) is 23.8 Å². The lowest BCUT2D eigenvalue weighted by Crippen LogP contribution is -2.39. The number of hydrogen-bond acceptors (Lipinski definition) is 4. The lowest BCUT2D eigenvalue weighted by molar-refractivity contribution is -0.141. The number of benzene rings is 1. The van der Waals surface area contributed by atoms with Crippen LogP contribution in [0.25, 0.3) is 0 Å². The summed E-state index contributed by atoms with van der Waals surface area (Å²) in [4.78, 5) is 25.7. The number of rotatable bonds is 8. The summed E-state index contributed by atoms with van der Waals surface area (Å²) >= 11 is 13.2. The van der Waals surface area contributed by atoms with Crippen LogP contribution in [0.4, 0.5) is 0 Å². The molecule has 0 radical (unpaired) electrons. The van der Waals surface area contributed by atoms with Crippen molar-refractivity contribution in [3.8, 4) is 0 Å². The quantitative estimate of drug-likeness (QED) is 0.336. The van der Waals surface area contributed by atoms with Gasteiger partial charge in [0.25, 0.3) is 0 Å². The first-order valence-electron chi connectivity index (χ1n) is 11.1. The van der Waals surface area contributed by atoms with E-state index in [9.17, 15) is 9.59 Å². The van der Waals surface area contributed by atoms with Gasteiger partial charge in [0, 0.05) is 25.9 Å². The zero-order valence-electron chi connectivity index (χ0n) is 18.4. The lowest BCUT2D eigenvalue weighted by atomic mass is 9.77. The van der Waals surface area contributed by atoms with E-state index in [4.69, 9.17) is 27.9 Å². The van der Waals surface area contributed by atoms with Gasteiger partial charge in [-0.25, -0.2) is 0 Å². The first-order valence-corrected chi connectivity index (χ1v) is 11.9. The van der Waals surface area contributed by atoms with Crippen molar-refractivity contribution >= 4 is 35.1 Å². The second kappa shape index (κ2) is 11.3. The van der Waals surface area contributed by atoms with Gasteiger partial charge < -0.3 is 10.1 Å². The molecule has 1 aromatic carbocycles. The van der Waals surface area contributed by atoms with Crippen LogP contribution in [0, 0.1) is 0 Å². The van der Waals surface area contributed by atoms with E-state index in [-0.39, 0.29) is 23.8 Å². The fourth-order valence-corrected chi connectivity index (χ4v) is 5.30. The van der Waals surface area contributed by atoms with Crippen molar-refractivity contribution in [1.82, 2.24) is 10.2 Å². The number of ether oxygens (including phenoxy) is 1. The highest BCUT2D eigenvalue weighted by atomic mass is 35.5. The second-order valence-electron chi connectivity index (χ2n) is 8.43. The van der Waals surface area contributed by atoms with Gasteiger partial charge in [0.1, 0.15) is 0 Å².